The standard InChI is InChI=1S/C26H19F3N6O/c1-18-2-3-20(12-19(18)5-9-33-10-6-23-4-7-31-35(23)17-33)25(36)32-22-13-21(26(27,28)29)14-24(15-22)34-11-8-30-16-34/h2-4,6-8,10-16H,17H2,1H3,(H,32,36). The molecule has 1 aliphatic heterocycles. The third-order valence-electron chi connectivity index (χ3n) is 5.60. The van der Waals surface area contributed by atoms with Gasteiger partial charge in [0.2, 0.25) is 0 Å². The van der Waals surface area contributed by atoms with Gasteiger partial charge in [-0.25, -0.2) is 9.67 Å². The van der Waals surface area contributed by atoms with Gasteiger partial charge in [0.1, 0.15) is 6.67 Å². The summed E-state index contributed by atoms with van der Waals surface area (Å²) >= 11 is 0. The van der Waals surface area contributed by atoms with E-state index in [0.717, 1.165) is 23.4 Å². The fourth-order valence-electron chi connectivity index (χ4n) is 3.67. The summed E-state index contributed by atoms with van der Waals surface area (Å²) in [5, 5.41) is 6.81. The van der Waals surface area contributed by atoms with Crippen molar-refractivity contribution in [1.29, 1.82) is 0 Å². The van der Waals surface area contributed by atoms with Crippen LogP contribution < -0.4 is 5.32 Å². The van der Waals surface area contributed by atoms with E-state index in [9.17, 15) is 18.0 Å². The van der Waals surface area contributed by atoms with Gasteiger partial charge in [-0.05, 0) is 60.9 Å². The first-order valence-electron chi connectivity index (χ1n) is 10.9. The van der Waals surface area contributed by atoms with Crippen LogP contribution in [0.25, 0.3) is 11.8 Å². The summed E-state index contributed by atoms with van der Waals surface area (Å²) in [6.07, 6.45) is 5.25. The number of aromatic nitrogens is 4. The zero-order valence-electron chi connectivity index (χ0n) is 19.0. The van der Waals surface area contributed by atoms with Gasteiger partial charge in [-0.3, -0.25) is 9.69 Å². The molecule has 0 radical (unpaired) electrons. The Balaban J connectivity index is 1.39. The molecule has 0 spiro atoms. The summed E-state index contributed by atoms with van der Waals surface area (Å²) in [6, 6.07) is 13.3. The van der Waals surface area contributed by atoms with Gasteiger partial charge in [0.15, 0.2) is 0 Å². The molecule has 4 aromatic rings. The lowest BCUT2D eigenvalue weighted by Crippen LogP contribution is -2.21. The first-order valence-corrected chi connectivity index (χ1v) is 10.9. The number of halogens is 3. The summed E-state index contributed by atoms with van der Waals surface area (Å²) < 4.78 is 43.7. The van der Waals surface area contributed by atoms with Crippen molar-refractivity contribution in [2.45, 2.75) is 19.8 Å². The molecule has 0 aliphatic carbocycles. The van der Waals surface area contributed by atoms with E-state index < -0.39 is 17.6 Å². The van der Waals surface area contributed by atoms with Crippen LogP contribution >= 0.6 is 0 Å². The average Bonchev–Trinajstić information content (AvgIpc) is 3.55. The third-order valence-corrected chi connectivity index (χ3v) is 5.60. The number of fused-ring (bicyclic) bond motifs is 1. The molecule has 0 bridgehead atoms. The number of amides is 1. The first-order chi connectivity index (χ1) is 17.3. The van der Waals surface area contributed by atoms with Crippen LogP contribution in [0.1, 0.15) is 32.7 Å². The Labute approximate surface area is 204 Å². The van der Waals surface area contributed by atoms with Crippen LogP contribution in [-0.4, -0.2) is 30.1 Å². The predicted octanol–water partition coefficient (Wildman–Crippen LogP) is 4.90. The van der Waals surface area contributed by atoms with Crippen LogP contribution in [0.4, 0.5) is 18.9 Å². The molecule has 180 valence electrons. The van der Waals surface area contributed by atoms with Crippen molar-refractivity contribution < 1.29 is 18.0 Å². The Bertz CT molecular complexity index is 1520. The Hall–Kier alpha value is -4.78. The molecule has 2 aromatic heterocycles. The smallest absolute Gasteiger partial charge is 0.322 e. The van der Waals surface area contributed by atoms with Crippen LogP contribution in [0.3, 0.4) is 0 Å². The number of hydrogen-bond acceptors (Lipinski definition) is 4. The highest BCUT2D eigenvalue weighted by molar-refractivity contribution is 6.04. The van der Waals surface area contributed by atoms with Crippen molar-refractivity contribution in [2.24, 2.45) is 0 Å². The number of hydrogen-bond donors (Lipinski definition) is 1. The van der Waals surface area contributed by atoms with Crippen LogP contribution in [0, 0.1) is 18.9 Å². The molecule has 1 amide bonds. The van der Waals surface area contributed by atoms with Crippen LogP contribution in [0.2, 0.25) is 0 Å². The second-order valence-electron chi connectivity index (χ2n) is 8.14. The summed E-state index contributed by atoms with van der Waals surface area (Å²) in [5.74, 6) is 2.52. The maximum atomic E-state index is 13.5. The number of nitrogens with zero attached hydrogens (tertiary/aromatic N) is 5. The highest BCUT2D eigenvalue weighted by Crippen LogP contribution is 2.33. The minimum atomic E-state index is -4.58. The van der Waals surface area contributed by atoms with Gasteiger partial charge in [0.25, 0.3) is 5.91 Å². The normalized spacial score (nSPS) is 12.6. The van der Waals surface area contributed by atoms with Crippen molar-refractivity contribution >= 4 is 17.7 Å². The molecule has 0 atom stereocenters. The molecule has 1 N–H and O–H groups in total. The van der Waals surface area contributed by atoms with E-state index >= 15 is 0 Å². The van der Waals surface area contributed by atoms with Crippen molar-refractivity contribution in [1.82, 2.24) is 24.2 Å². The van der Waals surface area contributed by atoms with E-state index in [-0.39, 0.29) is 16.9 Å². The fourth-order valence-corrected chi connectivity index (χ4v) is 3.67. The van der Waals surface area contributed by atoms with Crippen molar-refractivity contribution in [3.63, 3.8) is 0 Å². The Morgan fingerprint density at radius 2 is 1.97 bits per heavy atom. The second-order valence-corrected chi connectivity index (χ2v) is 8.14. The molecule has 5 rings (SSSR count). The maximum absolute atomic E-state index is 13.5. The topological polar surface area (TPSA) is 68.0 Å². The molecule has 10 heteroatoms. The van der Waals surface area contributed by atoms with Gasteiger partial charge < -0.3 is 9.88 Å². The minimum absolute atomic E-state index is 0.0141. The molecule has 3 heterocycles. The van der Waals surface area contributed by atoms with E-state index in [1.807, 2.05) is 25.3 Å². The average molecular weight is 488 g/mol. The van der Waals surface area contributed by atoms with Gasteiger partial charge in [-0.1, -0.05) is 6.07 Å². The van der Waals surface area contributed by atoms with Gasteiger partial charge in [0, 0.05) is 53.3 Å². The Kier molecular flexibility index (Phi) is 5.82. The molecule has 1 aliphatic rings. The molecule has 0 unspecified atom stereocenters. The van der Waals surface area contributed by atoms with Gasteiger partial charge >= 0.3 is 6.18 Å². The van der Waals surface area contributed by atoms with Crippen molar-refractivity contribution in [3.8, 4) is 17.7 Å². The summed E-state index contributed by atoms with van der Waals surface area (Å²) in [6.45, 7) is 2.34. The second kappa shape index (κ2) is 9.11. The number of alkyl halides is 3. The summed E-state index contributed by atoms with van der Waals surface area (Å²) in [7, 11) is 0. The summed E-state index contributed by atoms with van der Waals surface area (Å²) in [5.41, 5.74) is 2.10. The molecule has 0 saturated carbocycles. The summed E-state index contributed by atoms with van der Waals surface area (Å²) in [4.78, 5) is 18.6. The van der Waals surface area contributed by atoms with E-state index in [4.69, 9.17) is 0 Å². The lowest BCUT2D eigenvalue weighted by atomic mass is 10.0. The van der Waals surface area contributed by atoms with E-state index in [2.05, 4.69) is 27.4 Å². The molecule has 0 fully saturated rings. The molecule has 2 aromatic carbocycles. The minimum Gasteiger partial charge on any atom is -0.322 e. The first kappa shape index (κ1) is 23.0. The van der Waals surface area contributed by atoms with E-state index in [1.54, 1.807) is 34.0 Å². The van der Waals surface area contributed by atoms with Crippen molar-refractivity contribution in [2.75, 3.05) is 5.32 Å². The van der Waals surface area contributed by atoms with Gasteiger partial charge in [-0.2, -0.15) is 18.3 Å². The number of imidazole rings is 1. The highest BCUT2D eigenvalue weighted by Gasteiger charge is 2.31. The monoisotopic (exact) mass is 488 g/mol. The van der Waals surface area contributed by atoms with Gasteiger partial charge in [-0.15, -0.1) is 0 Å². The lowest BCUT2D eigenvalue weighted by molar-refractivity contribution is -0.137. The molecular weight excluding hydrogens is 469 g/mol. The highest BCUT2D eigenvalue weighted by atomic mass is 19.4. The third kappa shape index (κ3) is 4.86. The number of aryl methyl sites for hydroxylation is 1. The molecule has 36 heavy (non-hydrogen) atoms. The Morgan fingerprint density at radius 1 is 1.11 bits per heavy atom. The van der Waals surface area contributed by atoms with Gasteiger partial charge in [0.05, 0.1) is 17.6 Å². The van der Waals surface area contributed by atoms with Crippen LogP contribution in [-0.2, 0) is 12.8 Å². The molecule has 0 saturated heterocycles. The largest absolute Gasteiger partial charge is 0.416 e. The number of nitrogens with one attached hydrogen (secondary N) is 1. The number of anilines is 1. The van der Waals surface area contributed by atoms with Crippen LogP contribution in [0.5, 0.6) is 0 Å². The molecule has 7 nitrogen and oxygen atoms in total. The number of carbonyl (C=O) groups excluding carboxylic acids is 1. The van der Waals surface area contributed by atoms with Crippen LogP contribution in [0.15, 0.2) is 73.6 Å². The Morgan fingerprint density at radius 3 is 2.75 bits per heavy atom. The lowest BCUT2D eigenvalue weighted by Gasteiger charge is -2.18. The number of benzene rings is 2. The predicted molar refractivity (Wildman–Crippen MR) is 128 cm³/mol. The maximum Gasteiger partial charge on any atom is 0.416 e. The van der Waals surface area contributed by atoms with Crippen molar-refractivity contribution in [3.05, 3.63) is 102 Å². The molecular formula is C26H19F3N6O. The fraction of sp³-hybridized carbons (Fsp3) is 0.115. The zero-order valence-corrected chi connectivity index (χ0v) is 19.0. The quantitative estimate of drug-likeness (QED) is 0.417. The SMILES string of the molecule is Cc1ccc(C(=O)Nc2cc(-n3ccnc3)cc(C(F)(F)F)c2)cc1C#CN1C=Cc2ccnn2C1. The zero-order chi connectivity index (χ0) is 25.3. The van der Waals surface area contributed by atoms with E-state index in [0.29, 0.717) is 12.2 Å². The number of carbonyl (C=O) groups is 1. The number of rotatable bonds is 3. The van der Waals surface area contributed by atoms with E-state index in [1.165, 1.54) is 29.4 Å².